The van der Waals surface area contributed by atoms with Gasteiger partial charge in [-0.3, -0.25) is 4.79 Å². The molecule has 0 saturated carbocycles. The second-order valence-electron chi connectivity index (χ2n) is 5.00. The number of benzene rings is 2. The van der Waals surface area contributed by atoms with E-state index in [0.29, 0.717) is 5.56 Å². The van der Waals surface area contributed by atoms with E-state index < -0.39 is 4.92 Å². The van der Waals surface area contributed by atoms with Crippen LogP contribution in [0.3, 0.4) is 0 Å². The van der Waals surface area contributed by atoms with Crippen LogP contribution in [0.4, 0.5) is 5.82 Å². The molecule has 0 unspecified atom stereocenters. The largest absolute Gasteiger partial charge is 0.389 e. The summed E-state index contributed by atoms with van der Waals surface area (Å²) < 4.78 is 1.27. The zero-order chi connectivity index (χ0) is 16.2. The second-order valence-corrected chi connectivity index (χ2v) is 5.00. The number of hydrogen-bond acceptors (Lipinski definition) is 4. The number of ketones is 1. The van der Waals surface area contributed by atoms with Crippen LogP contribution in [0.25, 0.3) is 11.1 Å². The van der Waals surface area contributed by atoms with Gasteiger partial charge in [0, 0.05) is 5.56 Å². The highest BCUT2D eigenvalue weighted by atomic mass is 16.6. The lowest BCUT2D eigenvalue weighted by Gasteiger charge is -2.03. The third-order valence-corrected chi connectivity index (χ3v) is 3.43. The van der Waals surface area contributed by atoms with Gasteiger partial charge in [0.15, 0.2) is 5.78 Å². The minimum Gasteiger partial charge on any atom is -0.358 e. The monoisotopic (exact) mass is 307 g/mol. The molecule has 0 atom stereocenters. The van der Waals surface area contributed by atoms with Crippen molar-refractivity contribution in [2.75, 3.05) is 0 Å². The van der Waals surface area contributed by atoms with E-state index in [4.69, 9.17) is 0 Å². The Hall–Kier alpha value is -3.28. The standard InChI is InChI=1S/C17H13N3O3/c21-16(12-19-11-10-17(18-19)20(22)23)15-8-6-14(7-9-15)13-4-2-1-3-5-13/h1-11H,12H2. The molecule has 6 heteroatoms. The smallest absolute Gasteiger partial charge is 0.358 e. The molecule has 1 heterocycles. The van der Waals surface area contributed by atoms with Gasteiger partial charge in [-0.05, 0) is 16.1 Å². The van der Waals surface area contributed by atoms with E-state index in [-0.39, 0.29) is 18.1 Å². The average Bonchev–Trinajstić information content (AvgIpc) is 3.04. The van der Waals surface area contributed by atoms with Crippen LogP contribution < -0.4 is 0 Å². The van der Waals surface area contributed by atoms with E-state index in [1.165, 1.54) is 16.9 Å². The molecule has 0 radical (unpaired) electrons. The first-order valence-corrected chi connectivity index (χ1v) is 7.00. The maximum absolute atomic E-state index is 12.2. The molecule has 23 heavy (non-hydrogen) atoms. The number of rotatable bonds is 5. The molecular formula is C17H13N3O3. The van der Waals surface area contributed by atoms with Gasteiger partial charge in [-0.2, -0.15) is 4.68 Å². The van der Waals surface area contributed by atoms with Crippen molar-refractivity contribution >= 4 is 11.6 Å². The summed E-state index contributed by atoms with van der Waals surface area (Å²) >= 11 is 0. The highest BCUT2D eigenvalue weighted by molar-refractivity contribution is 5.96. The van der Waals surface area contributed by atoms with Gasteiger partial charge in [-0.25, -0.2) is 0 Å². The van der Waals surface area contributed by atoms with Crippen molar-refractivity contribution in [1.82, 2.24) is 9.78 Å². The highest BCUT2D eigenvalue weighted by Gasteiger charge is 2.14. The normalized spacial score (nSPS) is 10.4. The third-order valence-electron chi connectivity index (χ3n) is 3.43. The van der Waals surface area contributed by atoms with E-state index in [9.17, 15) is 14.9 Å². The molecule has 0 saturated heterocycles. The summed E-state index contributed by atoms with van der Waals surface area (Å²) in [5, 5.41) is 14.3. The molecule has 1 aromatic heterocycles. The van der Waals surface area contributed by atoms with Gasteiger partial charge in [-0.15, -0.1) is 0 Å². The molecule has 0 aliphatic carbocycles. The number of aromatic nitrogens is 2. The van der Waals surface area contributed by atoms with Gasteiger partial charge >= 0.3 is 5.82 Å². The van der Waals surface area contributed by atoms with Crippen LogP contribution in [0, 0.1) is 10.1 Å². The number of hydrogen-bond donors (Lipinski definition) is 0. The van der Waals surface area contributed by atoms with Gasteiger partial charge < -0.3 is 10.1 Å². The lowest BCUT2D eigenvalue weighted by Crippen LogP contribution is -2.11. The predicted molar refractivity (Wildman–Crippen MR) is 85.1 cm³/mol. The van der Waals surface area contributed by atoms with Crippen molar-refractivity contribution in [2.24, 2.45) is 0 Å². The maximum atomic E-state index is 12.2. The fraction of sp³-hybridized carbons (Fsp3) is 0.0588. The van der Waals surface area contributed by atoms with Crippen LogP contribution in [0.2, 0.25) is 0 Å². The van der Waals surface area contributed by atoms with Gasteiger partial charge in [0.25, 0.3) is 0 Å². The lowest BCUT2D eigenvalue weighted by atomic mass is 10.0. The summed E-state index contributed by atoms with van der Waals surface area (Å²) in [6.45, 7) is -0.0292. The van der Waals surface area contributed by atoms with E-state index in [1.807, 2.05) is 42.5 Å². The molecule has 3 rings (SSSR count). The summed E-state index contributed by atoms with van der Waals surface area (Å²) in [5.41, 5.74) is 2.65. The molecule has 0 N–H and O–H groups in total. The van der Waals surface area contributed by atoms with Crippen LogP contribution in [0.1, 0.15) is 10.4 Å². The second kappa shape index (κ2) is 6.23. The Labute approximate surface area is 132 Å². The van der Waals surface area contributed by atoms with Gasteiger partial charge in [0.2, 0.25) is 0 Å². The van der Waals surface area contributed by atoms with E-state index in [2.05, 4.69) is 5.10 Å². The zero-order valence-electron chi connectivity index (χ0n) is 12.1. The fourth-order valence-corrected chi connectivity index (χ4v) is 2.25. The molecule has 0 aliphatic heterocycles. The zero-order valence-corrected chi connectivity index (χ0v) is 12.1. The van der Waals surface area contributed by atoms with E-state index >= 15 is 0 Å². The molecule has 0 bridgehead atoms. The van der Waals surface area contributed by atoms with Crippen molar-refractivity contribution in [1.29, 1.82) is 0 Å². The van der Waals surface area contributed by atoms with Crippen molar-refractivity contribution in [3.63, 3.8) is 0 Å². The average molecular weight is 307 g/mol. The molecule has 0 fully saturated rings. The molecule has 6 nitrogen and oxygen atoms in total. The predicted octanol–water partition coefficient (Wildman–Crippen LogP) is 3.34. The maximum Gasteiger partial charge on any atom is 0.389 e. The van der Waals surface area contributed by atoms with Gasteiger partial charge in [0.05, 0.1) is 17.4 Å². The van der Waals surface area contributed by atoms with Gasteiger partial charge in [-0.1, -0.05) is 54.6 Å². The Morgan fingerprint density at radius 3 is 2.26 bits per heavy atom. The molecule has 0 amide bonds. The first kappa shape index (κ1) is 14.6. The van der Waals surface area contributed by atoms with Gasteiger partial charge in [0.1, 0.15) is 6.54 Å². The Balaban J connectivity index is 1.73. The SMILES string of the molecule is O=C(Cn1ccc([N+](=O)[O-])n1)c1ccc(-c2ccccc2)cc1. The van der Waals surface area contributed by atoms with Crippen molar-refractivity contribution < 1.29 is 9.72 Å². The molecule has 114 valence electrons. The fourth-order valence-electron chi connectivity index (χ4n) is 2.25. The van der Waals surface area contributed by atoms with Crippen LogP contribution in [0.5, 0.6) is 0 Å². The topological polar surface area (TPSA) is 78.0 Å². The molecule has 0 spiro atoms. The van der Waals surface area contributed by atoms with Crippen molar-refractivity contribution in [3.8, 4) is 11.1 Å². The number of nitro groups is 1. The minimum absolute atomic E-state index is 0.0292. The first-order valence-electron chi connectivity index (χ1n) is 7.00. The molecule has 2 aromatic carbocycles. The molecule has 3 aromatic rings. The van der Waals surface area contributed by atoms with Crippen LogP contribution in [-0.4, -0.2) is 20.5 Å². The number of nitrogens with zero attached hydrogens (tertiary/aromatic N) is 3. The summed E-state index contributed by atoms with van der Waals surface area (Å²) in [6, 6.07) is 18.4. The summed E-state index contributed by atoms with van der Waals surface area (Å²) in [4.78, 5) is 22.2. The lowest BCUT2D eigenvalue weighted by molar-refractivity contribution is -0.389. The quantitative estimate of drug-likeness (QED) is 0.411. The third kappa shape index (κ3) is 3.32. The highest BCUT2D eigenvalue weighted by Crippen LogP contribution is 2.19. The van der Waals surface area contributed by atoms with Crippen molar-refractivity contribution in [2.45, 2.75) is 6.54 Å². The van der Waals surface area contributed by atoms with Crippen LogP contribution >= 0.6 is 0 Å². The van der Waals surface area contributed by atoms with E-state index in [0.717, 1.165) is 11.1 Å². The summed E-state index contributed by atoms with van der Waals surface area (Å²) in [6.07, 6.45) is 1.42. The Morgan fingerprint density at radius 1 is 1.00 bits per heavy atom. The van der Waals surface area contributed by atoms with Crippen molar-refractivity contribution in [3.05, 3.63) is 82.5 Å². The molecular weight excluding hydrogens is 294 g/mol. The number of carbonyl (C=O) groups is 1. The summed E-state index contributed by atoms with van der Waals surface area (Å²) in [7, 11) is 0. The minimum atomic E-state index is -0.588. The van der Waals surface area contributed by atoms with Crippen LogP contribution in [0.15, 0.2) is 66.9 Å². The molecule has 0 aliphatic rings. The van der Waals surface area contributed by atoms with E-state index in [1.54, 1.807) is 12.1 Å². The Bertz CT molecular complexity index is 839. The Kier molecular flexibility index (Phi) is 3.97. The number of Topliss-reactive ketones (excluding diaryl/α,β-unsaturated/α-hetero) is 1. The Morgan fingerprint density at radius 2 is 1.65 bits per heavy atom. The summed E-state index contributed by atoms with van der Waals surface area (Å²) in [5.74, 6) is -0.417. The first-order chi connectivity index (χ1) is 11.1. The van der Waals surface area contributed by atoms with Crippen LogP contribution in [-0.2, 0) is 6.54 Å². The number of carbonyl (C=O) groups excluding carboxylic acids is 1.